The van der Waals surface area contributed by atoms with Crippen molar-refractivity contribution in [3.8, 4) is 11.4 Å². The van der Waals surface area contributed by atoms with Gasteiger partial charge in [-0.25, -0.2) is 23.9 Å². The van der Waals surface area contributed by atoms with Gasteiger partial charge in [-0.15, -0.1) is 0 Å². The average Bonchev–Trinajstić information content (AvgIpc) is 3.22. The molecule has 180 valence electrons. The first-order chi connectivity index (χ1) is 16.1. The fraction of sp³-hybridized carbons (Fsp3) is 0.417. The third-order valence-electron chi connectivity index (χ3n) is 5.46. The van der Waals surface area contributed by atoms with E-state index in [0.29, 0.717) is 35.0 Å². The SMILES string of the molecule is COC(=O)c1ccn2c(-c3cccc(N[C@H]4CN(C(=O)OC(C)(C)C)CC[C@@H]4F)n3)cnc2c1. The number of carbonyl (C=O) groups is 2. The van der Waals surface area contributed by atoms with Crippen LogP contribution in [-0.4, -0.2) is 69.3 Å². The third kappa shape index (κ3) is 5.11. The zero-order valence-electron chi connectivity index (χ0n) is 19.6. The second kappa shape index (κ2) is 9.28. The van der Waals surface area contributed by atoms with Crippen LogP contribution in [0, 0.1) is 0 Å². The van der Waals surface area contributed by atoms with Gasteiger partial charge in [-0.05, 0) is 51.5 Å². The molecule has 0 aromatic carbocycles. The number of fused-ring (bicyclic) bond motifs is 1. The first kappa shape index (κ1) is 23.5. The van der Waals surface area contributed by atoms with Gasteiger partial charge in [-0.2, -0.15) is 0 Å². The summed E-state index contributed by atoms with van der Waals surface area (Å²) in [7, 11) is 1.33. The predicted molar refractivity (Wildman–Crippen MR) is 124 cm³/mol. The fourth-order valence-electron chi connectivity index (χ4n) is 3.81. The topological polar surface area (TPSA) is 98.1 Å². The maximum Gasteiger partial charge on any atom is 0.410 e. The Morgan fingerprint density at radius 3 is 2.76 bits per heavy atom. The van der Waals surface area contributed by atoms with E-state index < -0.39 is 29.9 Å². The van der Waals surface area contributed by atoms with E-state index >= 15 is 0 Å². The van der Waals surface area contributed by atoms with Crippen molar-refractivity contribution in [2.45, 2.75) is 45.0 Å². The molecular weight excluding hydrogens is 441 g/mol. The molecule has 4 heterocycles. The number of esters is 1. The number of hydrogen-bond acceptors (Lipinski definition) is 7. The number of anilines is 1. The summed E-state index contributed by atoms with van der Waals surface area (Å²) in [5, 5.41) is 3.13. The first-order valence-electron chi connectivity index (χ1n) is 11.1. The van der Waals surface area contributed by atoms with Crippen LogP contribution in [0.25, 0.3) is 17.0 Å². The van der Waals surface area contributed by atoms with Crippen LogP contribution in [0.3, 0.4) is 0 Å². The number of aromatic nitrogens is 3. The van der Waals surface area contributed by atoms with Crippen molar-refractivity contribution in [2.24, 2.45) is 0 Å². The van der Waals surface area contributed by atoms with Gasteiger partial charge >= 0.3 is 12.1 Å². The molecule has 0 bridgehead atoms. The lowest BCUT2D eigenvalue weighted by Crippen LogP contribution is -2.52. The molecule has 0 radical (unpaired) electrons. The largest absolute Gasteiger partial charge is 0.465 e. The van der Waals surface area contributed by atoms with Gasteiger partial charge in [0.15, 0.2) is 0 Å². The van der Waals surface area contributed by atoms with E-state index in [1.54, 1.807) is 55.8 Å². The number of likely N-dealkylation sites (tertiary alicyclic amines) is 1. The zero-order valence-corrected chi connectivity index (χ0v) is 19.6. The second-order valence-electron chi connectivity index (χ2n) is 9.17. The van der Waals surface area contributed by atoms with E-state index in [0.717, 1.165) is 0 Å². The molecule has 0 aliphatic carbocycles. The molecule has 0 unspecified atom stereocenters. The standard InChI is InChI=1S/C24H28FN5O4/c1-24(2,3)34-23(32)29-10-9-16(25)18(14-29)28-20-7-5-6-17(27-20)19-13-26-21-12-15(22(31)33-4)8-11-30(19)21/h5-8,11-13,16,18H,9-10,14H2,1-4H3,(H,27,28)/t16-,18-/m0/s1. The van der Waals surface area contributed by atoms with Crippen molar-refractivity contribution >= 4 is 23.5 Å². The number of rotatable bonds is 4. The zero-order chi connectivity index (χ0) is 24.5. The summed E-state index contributed by atoms with van der Waals surface area (Å²) in [5.41, 5.74) is 1.69. The molecule has 10 heteroatoms. The Morgan fingerprint density at radius 2 is 2.03 bits per heavy atom. The first-order valence-corrected chi connectivity index (χ1v) is 11.1. The summed E-state index contributed by atoms with van der Waals surface area (Å²) in [5.74, 6) is 0.0439. The number of hydrogen-bond donors (Lipinski definition) is 1. The molecule has 1 N–H and O–H groups in total. The van der Waals surface area contributed by atoms with E-state index in [9.17, 15) is 14.0 Å². The van der Waals surface area contributed by atoms with Crippen LogP contribution >= 0.6 is 0 Å². The van der Waals surface area contributed by atoms with Crippen LogP contribution < -0.4 is 5.32 Å². The Hall–Kier alpha value is -3.69. The summed E-state index contributed by atoms with van der Waals surface area (Å²) >= 11 is 0. The van der Waals surface area contributed by atoms with Gasteiger partial charge in [-0.3, -0.25) is 4.40 Å². The number of alkyl halides is 1. The van der Waals surface area contributed by atoms with Crippen LogP contribution in [0.5, 0.6) is 0 Å². The molecule has 9 nitrogen and oxygen atoms in total. The number of ether oxygens (including phenoxy) is 2. The molecule has 1 saturated heterocycles. The number of methoxy groups -OCH3 is 1. The maximum atomic E-state index is 14.7. The molecule has 1 fully saturated rings. The second-order valence-corrected chi connectivity index (χ2v) is 9.17. The Labute approximate surface area is 196 Å². The minimum Gasteiger partial charge on any atom is -0.465 e. The number of halogens is 1. The minimum atomic E-state index is -1.13. The number of imidazole rings is 1. The Morgan fingerprint density at radius 1 is 1.24 bits per heavy atom. The van der Waals surface area contributed by atoms with Crippen molar-refractivity contribution in [2.75, 3.05) is 25.5 Å². The lowest BCUT2D eigenvalue weighted by molar-refractivity contribution is 0.0150. The molecule has 0 saturated carbocycles. The number of piperidine rings is 1. The number of pyridine rings is 2. The fourth-order valence-corrected chi connectivity index (χ4v) is 3.81. The van der Waals surface area contributed by atoms with Gasteiger partial charge in [0.2, 0.25) is 0 Å². The number of amides is 1. The van der Waals surface area contributed by atoms with E-state index in [-0.39, 0.29) is 13.0 Å². The molecule has 3 aromatic rings. The Kier molecular flexibility index (Phi) is 6.41. The quantitative estimate of drug-likeness (QED) is 0.578. The monoisotopic (exact) mass is 469 g/mol. The van der Waals surface area contributed by atoms with Crippen LogP contribution in [0.15, 0.2) is 42.7 Å². The Bertz CT molecular complexity index is 1210. The Balaban J connectivity index is 1.52. The predicted octanol–water partition coefficient (Wildman–Crippen LogP) is 3.94. The number of nitrogens with zero attached hydrogens (tertiary/aromatic N) is 4. The smallest absolute Gasteiger partial charge is 0.410 e. The molecule has 3 aromatic heterocycles. The van der Waals surface area contributed by atoms with Crippen molar-refractivity contribution in [1.29, 1.82) is 0 Å². The van der Waals surface area contributed by atoms with Gasteiger partial charge in [-0.1, -0.05) is 6.07 Å². The maximum absolute atomic E-state index is 14.7. The van der Waals surface area contributed by atoms with Gasteiger partial charge in [0, 0.05) is 19.3 Å². The van der Waals surface area contributed by atoms with E-state index in [2.05, 4.69) is 15.3 Å². The van der Waals surface area contributed by atoms with Crippen LogP contribution in [0.4, 0.5) is 15.0 Å². The van der Waals surface area contributed by atoms with E-state index in [1.807, 2.05) is 12.1 Å². The lowest BCUT2D eigenvalue weighted by atomic mass is 10.0. The highest BCUT2D eigenvalue weighted by molar-refractivity contribution is 5.90. The normalized spacial score (nSPS) is 18.6. The minimum absolute atomic E-state index is 0.175. The summed E-state index contributed by atoms with van der Waals surface area (Å²) in [6.45, 7) is 5.88. The molecule has 1 amide bonds. The highest BCUT2D eigenvalue weighted by Gasteiger charge is 2.33. The van der Waals surface area contributed by atoms with E-state index in [1.165, 1.54) is 12.0 Å². The van der Waals surface area contributed by atoms with Crippen LogP contribution in [0.1, 0.15) is 37.6 Å². The summed E-state index contributed by atoms with van der Waals surface area (Å²) in [6.07, 6.45) is 2.02. The highest BCUT2D eigenvalue weighted by atomic mass is 19.1. The summed E-state index contributed by atoms with van der Waals surface area (Å²) < 4.78 is 26.7. The van der Waals surface area contributed by atoms with Crippen LogP contribution in [0.2, 0.25) is 0 Å². The number of carbonyl (C=O) groups excluding carboxylic acids is 2. The molecule has 1 aliphatic heterocycles. The van der Waals surface area contributed by atoms with E-state index in [4.69, 9.17) is 9.47 Å². The van der Waals surface area contributed by atoms with Gasteiger partial charge in [0.05, 0.1) is 36.3 Å². The van der Waals surface area contributed by atoms with Crippen molar-refractivity contribution in [1.82, 2.24) is 19.3 Å². The van der Waals surface area contributed by atoms with Crippen LogP contribution in [-0.2, 0) is 9.47 Å². The van der Waals surface area contributed by atoms with Gasteiger partial charge in [0.1, 0.15) is 23.2 Å². The average molecular weight is 470 g/mol. The summed E-state index contributed by atoms with van der Waals surface area (Å²) in [4.78, 5) is 34.7. The molecule has 34 heavy (non-hydrogen) atoms. The van der Waals surface area contributed by atoms with Gasteiger partial charge in [0.25, 0.3) is 0 Å². The lowest BCUT2D eigenvalue weighted by Gasteiger charge is -2.36. The van der Waals surface area contributed by atoms with Crippen molar-refractivity contribution < 1.29 is 23.5 Å². The van der Waals surface area contributed by atoms with Gasteiger partial charge < -0.3 is 19.7 Å². The third-order valence-corrected chi connectivity index (χ3v) is 5.46. The molecule has 2 atom stereocenters. The molecule has 4 rings (SSSR count). The molecular formula is C24H28FN5O4. The highest BCUT2D eigenvalue weighted by Crippen LogP contribution is 2.24. The summed E-state index contributed by atoms with van der Waals surface area (Å²) in [6, 6.07) is 8.05. The van der Waals surface area contributed by atoms with Crippen molar-refractivity contribution in [3.05, 3.63) is 48.3 Å². The van der Waals surface area contributed by atoms with Crippen molar-refractivity contribution in [3.63, 3.8) is 0 Å². The molecule has 0 spiro atoms. The molecule has 1 aliphatic rings. The number of nitrogens with one attached hydrogen (secondary N) is 1.